The van der Waals surface area contributed by atoms with E-state index in [4.69, 9.17) is 10.5 Å². The summed E-state index contributed by atoms with van der Waals surface area (Å²) >= 11 is 0. The fourth-order valence-electron chi connectivity index (χ4n) is 4.50. The minimum absolute atomic E-state index is 0.112. The van der Waals surface area contributed by atoms with Gasteiger partial charge in [0.2, 0.25) is 0 Å². The summed E-state index contributed by atoms with van der Waals surface area (Å²) in [7, 11) is 0. The van der Waals surface area contributed by atoms with Crippen molar-refractivity contribution >= 4 is 22.6 Å². The maximum atomic E-state index is 14.9. The number of alkyl halides is 3. The van der Waals surface area contributed by atoms with Crippen LogP contribution in [0.15, 0.2) is 36.4 Å². The van der Waals surface area contributed by atoms with Crippen molar-refractivity contribution in [3.05, 3.63) is 70.0 Å². The quantitative estimate of drug-likeness (QED) is 0.568. The first-order valence-corrected chi connectivity index (χ1v) is 10.2. The van der Waals surface area contributed by atoms with Crippen molar-refractivity contribution in [3.63, 3.8) is 0 Å². The predicted octanol–water partition coefficient (Wildman–Crippen LogP) is 3.74. The molecule has 172 valence electrons. The second-order valence-corrected chi connectivity index (χ2v) is 8.38. The molecule has 10 heteroatoms. The van der Waals surface area contributed by atoms with E-state index in [2.05, 4.69) is 4.98 Å². The number of amides is 1. The molecule has 0 bridgehead atoms. The SMILES string of the molecule is Nc1nc2cc(F)c(C(=O)N3CC[C@](O)(c4ccc(C(F)(F)F)cc4)C3)cc2c2c1COC2. The third kappa shape index (κ3) is 3.59. The van der Waals surface area contributed by atoms with Crippen molar-refractivity contribution < 1.29 is 32.2 Å². The van der Waals surface area contributed by atoms with Gasteiger partial charge in [-0.1, -0.05) is 12.1 Å². The van der Waals surface area contributed by atoms with Gasteiger partial charge in [0, 0.05) is 23.6 Å². The number of anilines is 1. The van der Waals surface area contributed by atoms with E-state index in [-0.39, 0.29) is 49.7 Å². The summed E-state index contributed by atoms with van der Waals surface area (Å²) in [5.74, 6) is -1.14. The lowest BCUT2D eigenvalue weighted by Gasteiger charge is -2.24. The number of fused-ring (bicyclic) bond motifs is 3. The Morgan fingerprint density at radius 3 is 2.55 bits per heavy atom. The smallest absolute Gasteiger partial charge is 0.383 e. The average molecular weight is 461 g/mol. The molecule has 1 fully saturated rings. The van der Waals surface area contributed by atoms with Crippen LogP contribution in [0, 0.1) is 5.82 Å². The third-order valence-electron chi connectivity index (χ3n) is 6.33. The highest BCUT2D eigenvalue weighted by molar-refractivity contribution is 5.99. The van der Waals surface area contributed by atoms with E-state index in [1.54, 1.807) is 0 Å². The molecule has 0 unspecified atom stereocenters. The van der Waals surface area contributed by atoms with Crippen LogP contribution in [0.25, 0.3) is 10.9 Å². The number of hydrogen-bond acceptors (Lipinski definition) is 5. The van der Waals surface area contributed by atoms with Crippen LogP contribution in [0.3, 0.4) is 0 Å². The van der Waals surface area contributed by atoms with E-state index in [1.807, 2.05) is 0 Å². The monoisotopic (exact) mass is 461 g/mol. The molecule has 3 heterocycles. The molecule has 0 saturated carbocycles. The number of hydrogen-bond donors (Lipinski definition) is 2. The summed E-state index contributed by atoms with van der Waals surface area (Å²) in [5.41, 5.74) is 5.43. The van der Waals surface area contributed by atoms with E-state index in [1.165, 1.54) is 23.1 Å². The molecule has 1 saturated heterocycles. The van der Waals surface area contributed by atoms with Gasteiger partial charge < -0.3 is 20.5 Å². The Morgan fingerprint density at radius 1 is 1.15 bits per heavy atom. The number of nitrogens with two attached hydrogens (primary N) is 1. The van der Waals surface area contributed by atoms with E-state index < -0.39 is 29.1 Å². The summed E-state index contributed by atoms with van der Waals surface area (Å²) in [6, 6.07) is 6.75. The largest absolute Gasteiger partial charge is 0.416 e. The molecular weight excluding hydrogens is 442 g/mol. The number of nitrogens with zero attached hydrogens (tertiary/aromatic N) is 2. The number of benzene rings is 2. The number of carbonyl (C=O) groups excluding carboxylic acids is 1. The lowest BCUT2D eigenvalue weighted by molar-refractivity contribution is -0.137. The fraction of sp³-hybridized carbons (Fsp3) is 0.304. The van der Waals surface area contributed by atoms with Gasteiger partial charge >= 0.3 is 6.18 Å². The number of rotatable bonds is 2. The summed E-state index contributed by atoms with van der Waals surface area (Å²) in [5, 5.41) is 11.6. The Labute approximate surface area is 185 Å². The van der Waals surface area contributed by atoms with Crippen molar-refractivity contribution in [1.29, 1.82) is 0 Å². The van der Waals surface area contributed by atoms with Gasteiger partial charge in [0.25, 0.3) is 5.91 Å². The Bertz CT molecular complexity index is 1280. The molecule has 2 aliphatic heterocycles. The highest BCUT2D eigenvalue weighted by Crippen LogP contribution is 2.37. The molecule has 3 aromatic rings. The van der Waals surface area contributed by atoms with E-state index in [9.17, 15) is 27.5 Å². The number of carbonyl (C=O) groups is 1. The lowest BCUT2D eigenvalue weighted by atomic mass is 9.92. The zero-order chi connectivity index (χ0) is 23.5. The van der Waals surface area contributed by atoms with E-state index >= 15 is 0 Å². The van der Waals surface area contributed by atoms with Crippen molar-refractivity contribution in [3.8, 4) is 0 Å². The van der Waals surface area contributed by atoms with Gasteiger partial charge in [-0.3, -0.25) is 4.79 Å². The van der Waals surface area contributed by atoms with Crippen molar-refractivity contribution in [1.82, 2.24) is 9.88 Å². The molecule has 0 radical (unpaired) electrons. The van der Waals surface area contributed by atoms with Gasteiger partial charge in [-0.2, -0.15) is 13.2 Å². The minimum Gasteiger partial charge on any atom is -0.383 e. The van der Waals surface area contributed by atoms with Crippen LogP contribution < -0.4 is 5.73 Å². The van der Waals surface area contributed by atoms with Crippen LogP contribution in [-0.2, 0) is 29.7 Å². The zero-order valence-electron chi connectivity index (χ0n) is 17.2. The number of aromatic nitrogens is 1. The van der Waals surface area contributed by atoms with E-state index in [0.29, 0.717) is 16.5 Å². The van der Waals surface area contributed by atoms with Crippen molar-refractivity contribution in [2.24, 2.45) is 0 Å². The number of β-amino-alcohol motifs (C(OH)–C–C–N with tert-alkyl or cyclic N) is 1. The minimum atomic E-state index is -4.49. The predicted molar refractivity (Wildman–Crippen MR) is 110 cm³/mol. The molecule has 33 heavy (non-hydrogen) atoms. The number of halogens is 4. The van der Waals surface area contributed by atoms with Crippen molar-refractivity contribution in [2.45, 2.75) is 31.4 Å². The molecule has 3 N–H and O–H groups in total. The van der Waals surface area contributed by atoms with Crippen LogP contribution in [0.2, 0.25) is 0 Å². The Balaban J connectivity index is 1.44. The molecular formula is C23H19F4N3O3. The van der Waals surface area contributed by atoms with Gasteiger partial charge in [0.05, 0.1) is 36.4 Å². The Morgan fingerprint density at radius 2 is 1.85 bits per heavy atom. The first-order valence-electron chi connectivity index (χ1n) is 10.2. The Kier molecular flexibility index (Phi) is 4.84. The molecule has 2 aliphatic rings. The van der Waals surface area contributed by atoms with Crippen LogP contribution >= 0.6 is 0 Å². The van der Waals surface area contributed by atoms with Gasteiger partial charge in [-0.25, -0.2) is 9.37 Å². The fourth-order valence-corrected chi connectivity index (χ4v) is 4.50. The van der Waals surface area contributed by atoms with Crippen molar-refractivity contribution in [2.75, 3.05) is 18.8 Å². The second-order valence-electron chi connectivity index (χ2n) is 8.38. The standard InChI is InChI=1S/C23H19F4N3O3/c24-18-8-19-14(16-9-33-10-17(16)20(28)29-19)7-15(18)21(31)30-6-5-22(32,11-30)12-1-3-13(4-2-12)23(25,26)27/h1-4,7-8,32H,5-6,9-11H2,(H2,28,29)/t22-/m1/s1. The maximum absolute atomic E-state index is 14.9. The summed E-state index contributed by atoms with van der Waals surface area (Å²) < 4.78 is 58.8. The van der Waals surface area contributed by atoms with Gasteiger partial charge in [-0.05, 0) is 35.7 Å². The van der Waals surface area contributed by atoms with E-state index in [0.717, 1.165) is 23.8 Å². The first kappa shape index (κ1) is 21.6. The molecule has 0 spiro atoms. The van der Waals surface area contributed by atoms with Crippen LogP contribution in [-0.4, -0.2) is 34.0 Å². The first-order chi connectivity index (χ1) is 15.6. The number of aliphatic hydroxyl groups is 1. The maximum Gasteiger partial charge on any atom is 0.416 e. The zero-order valence-corrected chi connectivity index (χ0v) is 17.2. The topological polar surface area (TPSA) is 88.7 Å². The number of ether oxygens (including phenoxy) is 1. The lowest BCUT2D eigenvalue weighted by Crippen LogP contribution is -2.34. The summed E-state index contributed by atoms with van der Waals surface area (Å²) in [6.07, 6.45) is -4.38. The molecule has 0 aliphatic carbocycles. The summed E-state index contributed by atoms with van der Waals surface area (Å²) in [4.78, 5) is 18.6. The molecule has 5 rings (SSSR count). The molecule has 1 atom stereocenters. The van der Waals surface area contributed by atoms with Gasteiger partial charge in [0.1, 0.15) is 17.2 Å². The van der Waals surface area contributed by atoms with Gasteiger partial charge in [-0.15, -0.1) is 0 Å². The highest BCUT2D eigenvalue weighted by atomic mass is 19.4. The molecule has 1 amide bonds. The average Bonchev–Trinajstić information content (AvgIpc) is 3.41. The normalized spacial score (nSPS) is 20.5. The molecule has 6 nitrogen and oxygen atoms in total. The highest BCUT2D eigenvalue weighted by Gasteiger charge is 2.41. The Hall–Kier alpha value is -3.24. The summed E-state index contributed by atoms with van der Waals surface area (Å²) in [6.45, 7) is 0.511. The van der Waals surface area contributed by atoms with Crippen LogP contribution in [0.4, 0.5) is 23.4 Å². The van der Waals surface area contributed by atoms with Crippen LogP contribution in [0.1, 0.15) is 39.0 Å². The number of pyridine rings is 1. The molecule has 2 aromatic carbocycles. The number of nitrogen functional groups attached to an aromatic ring is 1. The number of likely N-dealkylation sites (tertiary alicyclic amines) is 1. The van der Waals surface area contributed by atoms with Crippen LogP contribution in [0.5, 0.6) is 0 Å². The second kappa shape index (κ2) is 7.39. The van der Waals surface area contributed by atoms with Gasteiger partial charge in [0.15, 0.2) is 0 Å². The third-order valence-corrected chi connectivity index (χ3v) is 6.33. The molecule has 1 aromatic heterocycles.